The molecule has 0 heterocycles. The molecule has 3 nitrogen and oxygen atoms in total. The summed E-state index contributed by atoms with van der Waals surface area (Å²) in [4.78, 5) is 2.23. The molecule has 0 aromatic rings. The van der Waals surface area contributed by atoms with Gasteiger partial charge in [-0.1, -0.05) is 45.4 Å². The molecule has 22 heavy (non-hydrogen) atoms. The molecular weight excluding hydrogens is 274 g/mol. The van der Waals surface area contributed by atoms with Crippen molar-refractivity contribution < 1.29 is 9.47 Å². The van der Waals surface area contributed by atoms with E-state index >= 15 is 0 Å². The molecule has 134 valence electrons. The van der Waals surface area contributed by atoms with Crippen molar-refractivity contribution in [1.29, 1.82) is 0 Å². The number of rotatable bonds is 16. The number of nitrogens with zero attached hydrogens (tertiary/aromatic N) is 1. The van der Waals surface area contributed by atoms with Gasteiger partial charge in [0.15, 0.2) is 5.79 Å². The van der Waals surface area contributed by atoms with Gasteiger partial charge in [-0.3, -0.25) is 0 Å². The van der Waals surface area contributed by atoms with E-state index in [1.165, 1.54) is 44.9 Å². The fourth-order valence-electron chi connectivity index (χ4n) is 3.00. The molecule has 0 spiro atoms. The van der Waals surface area contributed by atoms with Crippen molar-refractivity contribution in [2.45, 2.75) is 90.8 Å². The van der Waals surface area contributed by atoms with Gasteiger partial charge in [0, 0.05) is 26.1 Å². The van der Waals surface area contributed by atoms with Gasteiger partial charge >= 0.3 is 0 Å². The van der Waals surface area contributed by atoms with Crippen LogP contribution in [0.4, 0.5) is 0 Å². The Labute approximate surface area is 139 Å². The van der Waals surface area contributed by atoms with Crippen molar-refractivity contribution in [3.63, 3.8) is 0 Å². The second-order valence-corrected chi connectivity index (χ2v) is 6.55. The van der Waals surface area contributed by atoms with Crippen LogP contribution < -0.4 is 0 Å². The van der Waals surface area contributed by atoms with E-state index < -0.39 is 0 Å². The standard InChI is InChI=1S/C19H41NO2/c1-6-9-10-11-12-13-14-16-19(21-7-2,22-8-3)17-15-18-20(4)5/h6-18H2,1-5H3. The van der Waals surface area contributed by atoms with Gasteiger partial charge in [-0.2, -0.15) is 0 Å². The van der Waals surface area contributed by atoms with Crippen molar-refractivity contribution in [3.05, 3.63) is 0 Å². The second-order valence-electron chi connectivity index (χ2n) is 6.55. The van der Waals surface area contributed by atoms with Gasteiger partial charge in [-0.15, -0.1) is 0 Å². The summed E-state index contributed by atoms with van der Waals surface area (Å²) in [6, 6.07) is 0. The Morgan fingerprint density at radius 2 is 1.18 bits per heavy atom. The van der Waals surface area contributed by atoms with Crippen molar-refractivity contribution in [2.24, 2.45) is 0 Å². The first-order valence-corrected chi connectivity index (χ1v) is 9.52. The summed E-state index contributed by atoms with van der Waals surface area (Å²) in [7, 11) is 4.25. The van der Waals surface area contributed by atoms with Crippen LogP contribution in [0.2, 0.25) is 0 Å². The Morgan fingerprint density at radius 1 is 0.682 bits per heavy atom. The van der Waals surface area contributed by atoms with Gasteiger partial charge in [-0.25, -0.2) is 0 Å². The Kier molecular flexibility index (Phi) is 14.4. The largest absolute Gasteiger partial charge is 0.350 e. The molecule has 0 N–H and O–H groups in total. The molecular formula is C19H41NO2. The lowest BCUT2D eigenvalue weighted by Gasteiger charge is -2.34. The summed E-state index contributed by atoms with van der Waals surface area (Å²) >= 11 is 0. The van der Waals surface area contributed by atoms with Crippen LogP contribution in [0.15, 0.2) is 0 Å². The van der Waals surface area contributed by atoms with E-state index in [9.17, 15) is 0 Å². The Bertz CT molecular complexity index is 225. The lowest BCUT2D eigenvalue weighted by atomic mass is 10.0. The normalized spacial score (nSPS) is 12.3. The molecule has 0 aromatic heterocycles. The first-order chi connectivity index (χ1) is 10.6. The van der Waals surface area contributed by atoms with E-state index in [1.807, 2.05) is 0 Å². The number of unbranched alkanes of at least 4 members (excludes halogenated alkanes) is 6. The summed E-state index contributed by atoms with van der Waals surface area (Å²) < 4.78 is 12.1. The van der Waals surface area contributed by atoms with Gasteiger partial charge in [0.2, 0.25) is 0 Å². The van der Waals surface area contributed by atoms with Crippen LogP contribution in [-0.4, -0.2) is 44.5 Å². The average molecular weight is 316 g/mol. The van der Waals surface area contributed by atoms with Crippen LogP contribution >= 0.6 is 0 Å². The molecule has 0 aromatic carbocycles. The predicted molar refractivity (Wildman–Crippen MR) is 96.4 cm³/mol. The molecule has 0 bridgehead atoms. The topological polar surface area (TPSA) is 21.7 Å². The Hall–Kier alpha value is -0.120. The van der Waals surface area contributed by atoms with Crippen molar-refractivity contribution in [2.75, 3.05) is 33.9 Å². The third-order valence-corrected chi connectivity index (χ3v) is 4.14. The summed E-state index contributed by atoms with van der Waals surface area (Å²) in [5.74, 6) is -0.344. The zero-order valence-corrected chi connectivity index (χ0v) is 16.0. The summed E-state index contributed by atoms with van der Waals surface area (Å²) in [6.07, 6.45) is 12.5. The molecule has 0 atom stereocenters. The zero-order chi connectivity index (χ0) is 16.7. The molecule has 0 radical (unpaired) electrons. The molecule has 0 aliphatic heterocycles. The fourth-order valence-corrected chi connectivity index (χ4v) is 3.00. The van der Waals surface area contributed by atoms with E-state index in [2.05, 4.69) is 39.8 Å². The minimum atomic E-state index is -0.344. The van der Waals surface area contributed by atoms with Crippen LogP contribution in [0.5, 0.6) is 0 Å². The Morgan fingerprint density at radius 3 is 1.68 bits per heavy atom. The molecule has 3 heteroatoms. The van der Waals surface area contributed by atoms with E-state index in [0.29, 0.717) is 0 Å². The molecule has 0 saturated heterocycles. The molecule has 0 aliphatic rings. The molecule has 0 amide bonds. The minimum absolute atomic E-state index is 0.344. The molecule has 0 fully saturated rings. The smallest absolute Gasteiger partial charge is 0.168 e. The molecule has 0 aliphatic carbocycles. The number of hydrogen-bond acceptors (Lipinski definition) is 3. The van der Waals surface area contributed by atoms with Gasteiger partial charge in [-0.05, 0) is 47.3 Å². The van der Waals surface area contributed by atoms with Crippen molar-refractivity contribution in [1.82, 2.24) is 4.90 Å². The van der Waals surface area contributed by atoms with Crippen LogP contribution in [0.3, 0.4) is 0 Å². The second kappa shape index (κ2) is 14.5. The summed E-state index contributed by atoms with van der Waals surface area (Å²) in [5, 5.41) is 0. The van der Waals surface area contributed by atoms with E-state index in [-0.39, 0.29) is 5.79 Å². The lowest BCUT2D eigenvalue weighted by Crippen LogP contribution is -2.37. The molecule has 0 unspecified atom stereocenters. The van der Waals surface area contributed by atoms with E-state index in [4.69, 9.17) is 9.47 Å². The fraction of sp³-hybridized carbons (Fsp3) is 1.00. The first kappa shape index (κ1) is 21.9. The molecule has 0 saturated carbocycles. The van der Waals surface area contributed by atoms with E-state index in [1.54, 1.807) is 0 Å². The highest BCUT2D eigenvalue weighted by molar-refractivity contribution is 4.71. The maximum Gasteiger partial charge on any atom is 0.168 e. The summed E-state index contributed by atoms with van der Waals surface area (Å²) in [5.41, 5.74) is 0. The maximum atomic E-state index is 6.06. The number of hydrogen-bond donors (Lipinski definition) is 0. The SMILES string of the molecule is CCCCCCCCCC(CCCN(C)C)(OCC)OCC. The Balaban J connectivity index is 4.14. The highest BCUT2D eigenvalue weighted by atomic mass is 16.7. The van der Waals surface area contributed by atoms with Crippen molar-refractivity contribution in [3.8, 4) is 0 Å². The average Bonchev–Trinajstić information content (AvgIpc) is 2.46. The van der Waals surface area contributed by atoms with Crippen LogP contribution in [0.1, 0.15) is 85.0 Å². The van der Waals surface area contributed by atoms with Crippen LogP contribution in [0.25, 0.3) is 0 Å². The van der Waals surface area contributed by atoms with Gasteiger partial charge in [0.25, 0.3) is 0 Å². The predicted octanol–water partition coefficient (Wildman–Crippen LogP) is 5.24. The van der Waals surface area contributed by atoms with Crippen LogP contribution in [0, 0.1) is 0 Å². The maximum absolute atomic E-state index is 6.06. The number of ether oxygens (including phenoxy) is 2. The quantitative estimate of drug-likeness (QED) is 0.287. The van der Waals surface area contributed by atoms with Gasteiger partial charge in [0.05, 0.1) is 0 Å². The highest BCUT2D eigenvalue weighted by Gasteiger charge is 2.30. The first-order valence-electron chi connectivity index (χ1n) is 9.52. The zero-order valence-electron chi connectivity index (χ0n) is 16.0. The molecule has 0 rings (SSSR count). The highest BCUT2D eigenvalue weighted by Crippen LogP contribution is 2.27. The lowest BCUT2D eigenvalue weighted by molar-refractivity contribution is -0.242. The third kappa shape index (κ3) is 11.4. The van der Waals surface area contributed by atoms with Crippen LogP contribution in [-0.2, 0) is 9.47 Å². The monoisotopic (exact) mass is 315 g/mol. The van der Waals surface area contributed by atoms with Crippen molar-refractivity contribution >= 4 is 0 Å². The van der Waals surface area contributed by atoms with Gasteiger partial charge in [0.1, 0.15) is 0 Å². The minimum Gasteiger partial charge on any atom is -0.350 e. The van der Waals surface area contributed by atoms with Gasteiger partial charge < -0.3 is 14.4 Å². The third-order valence-electron chi connectivity index (χ3n) is 4.14. The summed E-state index contributed by atoms with van der Waals surface area (Å²) in [6.45, 7) is 8.98. The van der Waals surface area contributed by atoms with E-state index in [0.717, 1.165) is 39.0 Å².